The molecule has 1 amide bonds. The van der Waals surface area contributed by atoms with E-state index in [1.807, 2.05) is 6.92 Å². The Morgan fingerprint density at radius 3 is 2.23 bits per heavy atom. The van der Waals surface area contributed by atoms with E-state index >= 15 is 0 Å². The number of nitrogens with one attached hydrogen (secondary N) is 1. The van der Waals surface area contributed by atoms with Gasteiger partial charge in [-0.3, -0.25) is 4.79 Å². The zero-order chi connectivity index (χ0) is 25.8. The molecule has 1 unspecified atom stereocenters. The molecule has 35 heavy (non-hydrogen) atoms. The minimum Gasteiger partial charge on any atom is -0.394 e. The third kappa shape index (κ3) is 7.10. The van der Waals surface area contributed by atoms with Gasteiger partial charge in [-0.05, 0) is 55.3 Å². The van der Waals surface area contributed by atoms with Gasteiger partial charge in [0.25, 0.3) is 0 Å². The normalized spacial score (nSPS) is 18.1. The van der Waals surface area contributed by atoms with Crippen LogP contribution in [0.5, 0.6) is 0 Å². The molecule has 1 aliphatic rings. The van der Waals surface area contributed by atoms with Crippen LogP contribution in [0.3, 0.4) is 0 Å². The van der Waals surface area contributed by atoms with Gasteiger partial charge in [0, 0.05) is 31.2 Å². The zero-order valence-electron chi connectivity index (χ0n) is 19.7. The van der Waals surface area contributed by atoms with Crippen LogP contribution < -0.4 is 5.32 Å². The molecule has 3 rings (SSSR count). The Labute approximate surface area is 222 Å². The Morgan fingerprint density at radius 2 is 1.69 bits per heavy atom. The summed E-state index contributed by atoms with van der Waals surface area (Å²) in [5, 5.41) is 14.3. The molecule has 1 heterocycles. The highest BCUT2D eigenvalue weighted by Crippen LogP contribution is 2.34. The van der Waals surface area contributed by atoms with Crippen molar-refractivity contribution < 1.29 is 18.3 Å². The predicted octanol–water partition coefficient (Wildman–Crippen LogP) is 3.72. The lowest BCUT2D eigenvalue weighted by Crippen LogP contribution is -2.50. The first-order chi connectivity index (χ1) is 16.4. The molecule has 11 heteroatoms. The zero-order valence-corrected chi connectivity index (χ0v) is 22.8. The van der Waals surface area contributed by atoms with Crippen LogP contribution in [0.15, 0.2) is 42.5 Å². The standard InChI is InChI=1S/C24H30Cl3N3O4S/c1-24(18-5-8-20(26)21(27)15-18,9-10-29-11-13-30(14-12-29)35(2,33)34)23(32)28-22(16-31)17-3-6-19(25)7-4-17/h3-8,15,22,31H,9-14,16H2,1-2H3,(H,28,32)/t22-,24?/m0/s1. The number of carbonyl (C=O) groups is 1. The lowest BCUT2D eigenvalue weighted by molar-refractivity contribution is -0.127. The molecular formula is C24H30Cl3N3O4S. The van der Waals surface area contributed by atoms with E-state index in [-0.39, 0.29) is 12.5 Å². The van der Waals surface area contributed by atoms with E-state index in [4.69, 9.17) is 34.8 Å². The topological polar surface area (TPSA) is 90.0 Å². The summed E-state index contributed by atoms with van der Waals surface area (Å²) in [4.78, 5) is 15.8. The van der Waals surface area contributed by atoms with Crippen LogP contribution >= 0.6 is 34.8 Å². The molecule has 0 saturated carbocycles. The molecule has 0 spiro atoms. The van der Waals surface area contributed by atoms with E-state index in [1.165, 1.54) is 10.6 Å². The van der Waals surface area contributed by atoms with Crippen molar-refractivity contribution >= 4 is 50.7 Å². The summed E-state index contributed by atoms with van der Waals surface area (Å²) in [5.41, 5.74) is 0.452. The average Bonchev–Trinajstić information content (AvgIpc) is 2.83. The largest absolute Gasteiger partial charge is 0.394 e. The fraction of sp³-hybridized carbons (Fsp3) is 0.458. The van der Waals surface area contributed by atoms with Crippen molar-refractivity contribution in [3.8, 4) is 0 Å². The molecular weight excluding hydrogens is 533 g/mol. The predicted molar refractivity (Wildman–Crippen MR) is 141 cm³/mol. The molecule has 2 aromatic carbocycles. The first-order valence-corrected chi connectivity index (χ1v) is 14.2. The van der Waals surface area contributed by atoms with Crippen LogP contribution in [0.4, 0.5) is 0 Å². The highest BCUT2D eigenvalue weighted by molar-refractivity contribution is 7.88. The monoisotopic (exact) mass is 561 g/mol. The first kappa shape index (κ1) is 28.2. The van der Waals surface area contributed by atoms with Gasteiger partial charge < -0.3 is 15.3 Å². The lowest BCUT2D eigenvalue weighted by atomic mass is 9.78. The number of amides is 1. The summed E-state index contributed by atoms with van der Waals surface area (Å²) in [7, 11) is -3.22. The van der Waals surface area contributed by atoms with Crippen LogP contribution in [-0.4, -0.2) is 74.2 Å². The third-order valence-corrected chi connectivity index (χ3v) is 8.84. The van der Waals surface area contributed by atoms with Gasteiger partial charge >= 0.3 is 0 Å². The molecule has 0 aromatic heterocycles. The molecule has 0 bridgehead atoms. The summed E-state index contributed by atoms with van der Waals surface area (Å²) in [6, 6.07) is 11.5. The molecule has 1 aliphatic heterocycles. The number of aliphatic hydroxyl groups excluding tert-OH is 1. The van der Waals surface area contributed by atoms with Gasteiger partial charge in [0.15, 0.2) is 0 Å². The van der Waals surface area contributed by atoms with Gasteiger partial charge in [-0.1, -0.05) is 53.0 Å². The number of hydrogen-bond donors (Lipinski definition) is 2. The second-order valence-corrected chi connectivity index (χ2v) is 12.2. The summed E-state index contributed by atoms with van der Waals surface area (Å²) in [6.45, 7) is 4.12. The van der Waals surface area contributed by atoms with Crippen LogP contribution in [0.2, 0.25) is 15.1 Å². The minimum atomic E-state index is -3.22. The van der Waals surface area contributed by atoms with E-state index in [9.17, 15) is 18.3 Å². The molecule has 7 nitrogen and oxygen atoms in total. The molecule has 2 aromatic rings. The number of aliphatic hydroxyl groups is 1. The van der Waals surface area contributed by atoms with E-state index in [0.717, 1.165) is 5.56 Å². The summed E-state index contributed by atoms with van der Waals surface area (Å²) in [5.74, 6) is -0.264. The molecule has 192 valence electrons. The highest BCUT2D eigenvalue weighted by Gasteiger charge is 2.37. The number of sulfonamides is 1. The number of piperazine rings is 1. The highest BCUT2D eigenvalue weighted by atomic mass is 35.5. The fourth-order valence-corrected chi connectivity index (χ4v) is 5.39. The Kier molecular flexibility index (Phi) is 9.48. The second-order valence-electron chi connectivity index (χ2n) is 8.97. The van der Waals surface area contributed by atoms with Crippen LogP contribution in [0.1, 0.15) is 30.5 Å². The van der Waals surface area contributed by atoms with Gasteiger partial charge in [0.2, 0.25) is 15.9 Å². The minimum absolute atomic E-state index is 0.264. The van der Waals surface area contributed by atoms with Gasteiger partial charge in [0.1, 0.15) is 0 Å². The number of nitrogens with zero attached hydrogens (tertiary/aromatic N) is 2. The van der Waals surface area contributed by atoms with E-state index in [0.29, 0.717) is 59.8 Å². The van der Waals surface area contributed by atoms with E-state index < -0.39 is 21.5 Å². The van der Waals surface area contributed by atoms with Crippen LogP contribution in [0, 0.1) is 0 Å². The summed E-state index contributed by atoms with van der Waals surface area (Å²) in [6.07, 6.45) is 1.67. The fourth-order valence-electron chi connectivity index (χ4n) is 4.14. The molecule has 2 N–H and O–H groups in total. The maximum absolute atomic E-state index is 13.7. The van der Waals surface area contributed by atoms with Crippen molar-refractivity contribution in [1.29, 1.82) is 0 Å². The molecule has 0 radical (unpaired) electrons. The van der Waals surface area contributed by atoms with Gasteiger partial charge in [0.05, 0.1) is 34.4 Å². The molecule has 1 saturated heterocycles. The first-order valence-electron chi connectivity index (χ1n) is 11.2. The van der Waals surface area contributed by atoms with Crippen molar-refractivity contribution in [2.24, 2.45) is 0 Å². The van der Waals surface area contributed by atoms with Crippen molar-refractivity contribution in [1.82, 2.24) is 14.5 Å². The third-order valence-electron chi connectivity index (χ3n) is 6.55. The van der Waals surface area contributed by atoms with Crippen molar-refractivity contribution in [3.63, 3.8) is 0 Å². The average molecular weight is 563 g/mol. The number of rotatable bonds is 9. The van der Waals surface area contributed by atoms with Crippen molar-refractivity contribution in [2.75, 3.05) is 45.6 Å². The number of benzene rings is 2. The lowest BCUT2D eigenvalue weighted by Gasteiger charge is -2.37. The van der Waals surface area contributed by atoms with Crippen LogP contribution in [-0.2, 0) is 20.2 Å². The Hall–Kier alpha value is -1.39. The Balaban J connectivity index is 1.80. The summed E-state index contributed by atoms with van der Waals surface area (Å²) >= 11 is 18.4. The van der Waals surface area contributed by atoms with E-state index in [2.05, 4.69) is 10.2 Å². The SMILES string of the molecule is CC(CCN1CCN(S(C)(=O)=O)CC1)(C(=O)N[C@@H](CO)c1ccc(Cl)cc1)c1ccc(Cl)c(Cl)c1. The van der Waals surface area contributed by atoms with Crippen LogP contribution in [0.25, 0.3) is 0 Å². The van der Waals surface area contributed by atoms with Gasteiger partial charge in [-0.15, -0.1) is 0 Å². The smallest absolute Gasteiger partial charge is 0.230 e. The Morgan fingerprint density at radius 1 is 1.06 bits per heavy atom. The molecule has 0 aliphatic carbocycles. The Bertz CT molecular complexity index is 1140. The second kappa shape index (κ2) is 11.8. The van der Waals surface area contributed by atoms with Crippen molar-refractivity contribution in [3.05, 3.63) is 68.7 Å². The van der Waals surface area contributed by atoms with Gasteiger partial charge in [-0.25, -0.2) is 8.42 Å². The number of carbonyl (C=O) groups excluding carboxylic acids is 1. The van der Waals surface area contributed by atoms with E-state index in [1.54, 1.807) is 42.5 Å². The van der Waals surface area contributed by atoms with Crippen molar-refractivity contribution in [2.45, 2.75) is 24.8 Å². The number of halogens is 3. The molecule has 2 atom stereocenters. The maximum Gasteiger partial charge on any atom is 0.230 e. The molecule has 1 fully saturated rings. The number of hydrogen-bond acceptors (Lipinski definition) is 5. The maximum atomic E-state index is 13.7. The summed E-state index contributed by atoms with van der Waals surface area (Å²) < 4.78 is 25.1. The van der Waals surface area contributed by atoms with Gasteiger partial charge in [-0.2, -0.15) is 4.31 Å². The quantitative estimate of drug-likeness (QED) is 0.486.